The molecular weight excluding hydrogens is 206 g/mol. The summed E-state index contributed by atoms with van der Waals surface area (Å²) >= 11 is 1.35. The minimum absolute atomic E-state index is 0.465. The molecule has 1 unspecified atom stereocenters. The molecule has 4 nitrogen and oxygen atoms in total. The van der Waals surface area contributed by atoms with Gasteiger partial charge in [-0.25, -0.2) is 0 Å². The van der Waals surface area contributed by atoms with Crippen LogP contribution in [0.1, 0.15) is 12.8 Å². The normalized spacial score (nSPS) is 19.3. The largest absolute Gasteiger partial charge is 0.347 e. The van der Waals surface area contributed by atoms with Gasteiger partial charge in [0, 0.05) is 30.9 Å². The lowest BCUT2D eigenvalue weighted by Gasteiger charge is -2.10. The van der Waals surface area contributed by atoms with Crippen molar-refractivity contribution in [3.63, 3.8) is 0 Å². The number of rotatable bonds is 2. The van der Waals surface area contributed by atoms with E-state index in [1.807, 2.05) is 0 Å². The maximum atomic E-state index is 11.0. The van der Waals surface area contributed by atoms with Crippen molar-refractivity contribution < 1.29 is 4.21 Å². The minimum atomic E-state index is -1.05. The number of hydrogen-bond donors (Lipinski definition) is 0. The summed E-state index contributed by atoms with van der Waals surface area (Å²) in [6.07, 6.45) is 4.06. The van der Waals surface area contributed by atoms with Crippen LogP contribution < -0.4 is 4.90 Å². The summed E-state index contributed by atoms with van der Waals surface area (Å²) in [6, 6.07) is 0. The van der Waals surface area contributed by atoms with Crippen LogP contribution >= 0.6 is 11.5 Å². The van der Waals surface area contributed by atoms with Crippen molar-refractivity contribution >= 4 is 27.5 Å². The van der Waals surface area contributed by atoms with E-state index >= 15 is 0 Å². The van der Waals surface area contributed by atoms with Crippen molar-refractivity contribution in [2.75, 3.05) is 24.2 Å². The predicted molar refractivity (Wildman–Crippen MR) is 53.7 cm³/mol. The van der Waals surface area contributed by atoms with E-state index < -0.39 is 10.8 Å². The molecular formula is C7H11N3OS2. The Morgan fingerprint density at radius 3 is 2.69 bits per heavy atom. The second-order valence-corrected chi connectivity index (χ2v) is 5.01. The highest BCUT2D eigenvalue weighted by Gasteiger charge is 2.17. The topological polar surface area (TPSA) is 46.1 Å². The molecule has 2 heterocycles. The molecule has 0 saturated carbocycles. The van der Waals surface area contributed by atoms with Crippen molar-refractivity contribution in [1.82, 2.24) is 9.36 Å². The lowest BCUT2D eigenvalue weighted by atomic mass is 10.4. The van der Waals surface area contributed by atoms with E-state index in [9.17, 15) is 4.21 Å². The van der Waals surface area contributed by atoms with E-state index in [2.05, 4.69) is 14.3 Å². The van der Waals surface area contributed by atoms with Crippen molar-refractivity contribution in [2.24, 2.45) is 0 Å². The summed E-state index contributed by atoms with van der Waals surface area (Å²) < 4.78 is 15.1. The van der Waals surface area contributed by atoms with E-state index in [4.69, 9.17) is 0 Å². The van der Waals surface area contributed by atoms with E-state index in [0.717, 1.165) is 18.2 Å². The molecule has 1 saturated heterocycles. The molecule has 0 amide bonds. The Morgan fingerprint density at radius 1 is 1.46 bits per heavy atom. The Hall–Kier alpha value is -0.490. The third-order valence-corrected chi connectivity index (χ3v) is 3.62. The first-order valence-corrected chi connectivity index (χ1v) is 6.52. The number of aromatic nitrogens is 2. The Morgan fingerprint density at radius 2 is 2.15 bits per heavy atom. The second-order valence-electron chi connectivity index (χ2n) is 3.01. The van der Waals surface area contributed by atoms with Gasteiger partial charge in [-0.2, -0.15) is 9.36 Å². The van der Waals surface area contributed by atoms with Gasteiger partial charge >= 0.3 is 0 Å². The summed E-state index contributed by atoms with van der Waals surface area (Å²) in [4.78, 5) is 6.43. The zero-order valence-corrected chi connectivity index (χ0v) is 9.03. The SMILES string of the molecule is CS(=O)c1nsc(N2CCCC2)n1. The smallest absolute Gasteiger partial charge is 0.232 e. The fourth-order valence-corrected chi connectivity index (χ4v) is 2.79. The standard InChI is InChI=1S/C7H11N3OS2/c1-13(11)6-8-7(12-9-6)10-4-2-3-5-10/h2-5H2,1H3. The minimum Gasteiger partial charge on any atom is -0.347 e. The molecule has 0 N–H and O–H groups in total. The maximum absolute atomic E-state index is 11.0. The zero-order chi connectivity index (χ0) is 9.26. The van der Waals surface area contributed by atoms with Gasteiger partial charge in [0.05, 0.1) is 10.8 Å². The summed E-state index contributed by atoms with van der Waals surface area (Å²) in [6.45, 7) is 2.12. The van der Waals surface area contributed by atoms with Gasteiger partial charge in [-0.05, 0) is 12.8 Å². The third kappa shape index (κ3) is 1.88. The molecule has 1 aromatic heterocycles. The zero-order valence-electron chi connectivity index (χ0n) is 7.39. The summed E-state index contributed by atoms with van der Waals surface area (Å²) in [7, 11) is -1.05. The van der Waals surface area contributed by atoms with Gasteiger partial charge in [-0.15, -0.1) is 0 Å². The first kappa shape index (κ1) is 9.08. The van der Waals surface area contributed by atoms with Crippen LogP contribution in [-0.2, 0) is 10.8 Å². The average Bonchev–Trinajstić information content (AvgIpc) is 2.75. The Kier molecular flexibility index (Phi) is 2.59. The molecule has 0 bridgehead atoms. The van der Waals surface area contributed by atoms with Crippen molar-refractivity contribution in [3.8, 4) is 0 Å². The van der Waals surface area contributed by atoms with Crippen LogP contribution in [0.3, 0.4) is 0 Å². The maximum Gasteiger partial charge on any atom is 0.232 e. The molecule has 1 aliphatic heterocycles. The molecule has 2 rings (SSSR count). The molecule has 1 atom stereocenters. The first-order valence-electron chi connectivity index (χ1n) is 4.19. The van der Waals surface area contributed by atoms with Crippen LogP contribution in [0.4, 0.5) is 5.13 Å². The molecule has 0 aromatic carbocycles. The van der Waals surface area contributed by atoms with Gasteiger partial charge in [0.15, 0.2) is 0 Å². The monoisotopic (exact) mass is 217 g/mol. The van der Waals surface area contributed by atoms with Gasteiger partial charge in [-0.1, -0.05) is 0 Å². The Balaban J connectivity index is 2.16. The predicted octanol–water partition coefficient (Wildman–Crippen LogP) is 0.876. The summed E-state index contributed by atoms with van der Waals surface area (Å²) in [5.74, 6) is 0. The highest BCUT2D eigenvalue weighted by Crippen LogP contribution is 2.22. The number of hydrogen-bond acceptors (Lipinski definition) is 5. The fraction of sp³-hybridized carbons (Fsp3) is 0.714. The van der Waals surface area contributed by atoms with Crippen molar-refractivity contribution in [3.05, 3.63) is 0 Å². The Bertz CT molecular complexity index is 319. The van der Waals surface area contributed by atoms with Crippen LogP contribution in [0.5, 0.6) is 0 Å². The second kappa shape index (κ2) is 3.71. The van der Waals surface area contributed by atoms with Crippen LogP contribution in [0.25, 0.3) is 0 Å². The number of nitrogens with zero attached hydrogens (tertiary/aromatic N) is 3. The van der Waals surface area contributed by atoms with Crippen LogP contribution in [0.15, 0.2) is 5.16 Å². The van der Waals surface area contributed by atoms with Gasteiger partial charge in [0.2, 0.25) is 10.3 Å². The van der Waals surface area contributed by atoms with Crippen LogP contribution in [-0.4, -0.2) is 32.9 Å². The van der Waals surface area contributed by atoms with Crippen LogP contribution in [0.2, 0.25) is 0 Å². The van der Waals surface area contributed by atoms with Crippen LogP contribution in [0, 0.1) is 0 Å². The molecule has 1 fully saturated rings. The summed E-state index contributed by atoms with van der Waals surface area (Å²) in [5, 5.41) is 1.38. The van der Waals surface area contributed by atoms with Crippen molar-refractivity contribution in [2.45, 2.75) is 18.0 Å². The highest BCUT2D eigenvalue weighted by atomic mass is 32.2. The van der Waals surface area contributed by atoms with E-state index in [1.165, 1.54) is 24.4 Å². The third-order valence-electron chi connectivity index (χ3n) is 2.03. The first-order chi connectivity index (χ1) is 6.27. The highest BCUT2D eigenvalue weighted by molar-refractivity contribution is 7.84. The van der Waals surface area contributed by atoms with E-state index in [1.54, 1.807) is 6.26 Å². The molecule has 72 valence electrons. The molecule has 6 heteroatoms. The molecule has 0 radical (unpaired) electrons. The number of anilines is 1. The lowest BCUT2D eigenvalue weighted by Crippen LogP contribution is -2.17. The fourth-order valence-electron chi connectivity index (χ4n) is 1.36. The van der Waals surface area contributed by atoms with Gasteiger partial charge in [-0.3, -0.25) is 4.21 Å². The van der Waals surface area contributed by atoms with Crippen molar-refractivity contribution in [1.29, 1.82) is 0 Å². The molecule has 13 heavy (non-hydrogen) atoms. The molecule has 1 aliphatic rings. The molecule has 0 spiro atoms. The average molecular weight is 217 g/mol. The summed E-state index contributed by atoms with van der Waals surface area (Å²) in [5.41, 5.74) is 0. The van der Waals surface area contributed by atoms with E-state index in [-0.39, 0.29) is 0 Å². The van der Waals surface area contributed by atoms with E-state index in [0.29, 0.717) is 5.16 Å². The Labute approximate surface area is 83.6 Å². The van der Waals surface area contributed by atoms with Gasteiger partial charge < -0.3 is 4.90 Å². The quantitative estimate of drug-likeness (QED) is 0.737. The molecule has 1 aromatic rings. The lowest BCUT2D eigenvalue weighted by molar-refractivity contribution is 0.681. The van der Waals surface area contributed by atoms with Gasteiger partial charge in [0.25, 0.3) is 0 Å². The molecule has 0 aliphatic carbocycles. The van der Waals surface area contributed by atoms with Gasteiger partial charge in [0.1, 0.15) is 0 Å².